The van der Waals surface area contributed by atoms with Crippen molar-refractivity contribution in [3.63, 3.8) is 0 Å². The van der Waals surface area contributed by atoms with Crippen molar-refractivity contribution in [3.8, 4) is 11.3 Å². The molecule has 5 N–H and O–H groups in total. The normalized spacial score (nSPS) is 19.2. The van der Waals surface area contributed by atoms with Gasteiger partial charge >= 0.3 is 12.2 Å². The van der Waals surface area contributed by atoms with Crippen LogP contribution in [0.15, 0.2) is 30.4 Å². The molecule has 0 radical (unpaired) electrons. The van der Waals surface area contributed by atoms with Gasteiger partial charge in [0.05, 0.1) is 24.8 Å². The Bertz CT molecular complexity index is 1210. The summed E-state index contributed by atoms with van der Waals surface area (Å²) in [5.41, 5.74) is 7.48. The van der Waals surface area contributed by atoms with Crippen molar-refractivity contribution in [1.29, 1.82) is 0 Å². The van der Waals surface area contributed by atoms with Crippen LogP contribution in [0.25, 0.3) is 11.3 Å². The monoisotopic (exact) mass is 530 g/mol. The first-order chi connectivity index (χ1) is 17.5. The van der Waals surface area contributed by atoms with E-state index in [1.54, 1.807) is 39.0 Å². The lowest BCUT2D eigenvalue weighted by Crippen LogP contribution is -2.56. The van der Waals surface area contributed by atoms with Crippen LogP contribution in [0.2, 0.25) is 5.15 Å². The molecule has 0 saturated carbocycles. The summed E-state index contributed by atoms with van der Waals surface area (Å²) in [6.45, 7) is 5.86. The number of aromatic nitrogens is 2. The number of ether oxygens (including phenoxy) is 2. The SMILES string of the molecule is CC(C)(C)OC(=O)N1CC(OC(=O)Nc2ccc3c(c2)NC(=O)CC/C=C/C[C@H](N)c2nc-3c(Cl)[nH]2)C1. The van der Waals surface area contributed by atoms with Crippen molar-refractivity contribution < 1.29 is 23.9 Å². The Morgan fingerprint density at radius 2 is 2.00 bits per heavy atom. The van der Waals surface area contributed by atoms with Crippen molar-refractivity contribution in [1.82, 2.24) is 14.9 Å². The predicted molar refractivity (Wildman–Crippen MR) is 139 cm³/mol. The molecule has 11 nitrogen and oxygen atoms in total. The number of hydrogen-bond donors (Lipinski definition) is 4. The van der Waals surface area contributed by atoms with Gasteiger partial charge in [0.2, 0.25) is 5.91 Å². The third-order valence-corrected chi connectivity index (χ3v) is 5.97. The third kappa shape index (κ3) is 6.80. The molecule has 1 fully saturated rings. The maximum Gasteiger partial charge on any atom is 0.412 e. The van der Waals surface area contributed by atoms with E-state index in [9.17, 15) is 14.4 Å². The zero-order valence-corrected chi connectivity index (χ0v) is 21.7. The number of nitrogens with zero attached hydrogens (tertiary/aromatic N) is 2. The number of nitrogens with two attached hydrogens (primary N) is 1. The number of halogens is 1. The average Bonchev–Trinajstić information content (AvgIpc) is 3.15. The maximum atomic E-state index is 12.6. The quantitative estimate of drug-likeness (QED) is 0.415. The summed E-state index contributed by atoms with van der Waals surface area (Å²) in [6.07, 6.45) is 3.64. The number of carbonyl (C=O) groups excluding carboxylic acids is 3. The summed E-state index contributed by atoms with van der Waals surface area (Å²) in [7, 11) is 0. The van der Waals surface area contributed by atoms with Crippen LogP contribution in [0.4, 0.5) is 21.0 Å². The minimum Gasteiger partial charge on any atom is -0.444 e. The molecule has 12 heteroatoms. The number of imidazole rings is 1. The van der Waals surface area contributed by atoms with Crippen molar-refractivity contribution in [3.05, 3.63) is 41.3 Å². The van der Waals surface area contributed by atoms with Gasteiger partial charge in [0.15, 0.2) is 0 Å². The Morgan fingerprint density at radius 1 is 1.24 bits per heavy atom. The summed E-state index contributed by atoms with van der Waals surface area (Å²) in [6, 6.07) is 4.60. The van der Waals surface area contributed by atoms with Crippen molar-refractivity contribution in [2.24, 2.45) is 5.73 Å². The Hall–Kier alpha value is -3.57. The van der Waals surface area contributed by atoms with Crippen LogP contribution < -0.4 is 16.4 Å². The summed E-state index contributed by atoms with van der Waals surface area (Å²) < 4.78 is 10.7. The van der Waals surface area contributed by atoms with Gasteiger partial charge in [-0.25, -0.2) is 14.6 Å². The average molecular weight is 531 g/mol. The first-order valence-electron chi connectivity index (χ1n) is 12.0. The fourth-order valence-electron chi connectivity index (χ4n) is 3.84. The summed E-state index contributed by atoms with van der Waals surface area (Å²) in [5, 5.41) is 5.84. The Kier molecular flexibility index (Phi) is 7.74. The number of hydrogen-bond acceptors (Lipinski definition) is 7. The number of likely N-dealkylation sites (tertiary alicyclic amines) is 1. The molecule has 0 unspecified atom stereocenters. The highest BCUT2D eigenvalue weighted by Gasteiger charge is 2.36. The third-order valence-electron chi connectivity index (χ3n) is 5.69. The number of rotatable bonds is 2. The molecular weight excluding hydrogens is 500 g/mol. The van der Waals surface area contributed by atoms with Gasteiger partial charge in [0.1, 0.15) is 28.4 Å². The van der Waals surface area contributed by atoms with Gasteiger partial charge < -0.3 is 30.4 Å². The van der Waals surface area contributed by atoms with Crippen LogP contribution in [0, 0.1) is 0 Å². The molecule has 0 aliphatic carbocycles. The van der Waals surface area contributed by atoms with Crippen LogP contribution >= 0.6 is 11.6 Å². The van der Waals surface area contributed by atoms with E-state index < -0.39 is 23.9 Å². The lowest BCUT2D eigenvalue weighted by atomic mass is 10.1. The van der Waals surface area contributed by atoms with Gasteiger partial charge in [-0.15, -0.1) is 0 Å². The topological polar surface area (TPSA) is 152 Å². The number of anilines is 2. The van der Waals surface area contributed by atoms with Gasteiger partial charge in [-0.2, -0.15) is 0 Å². The Morgan fingerprint density at radius 3 is 2.73 bits per heavy atom. The predicted octanol–water partition coefficient (Wildman–Crippen LogP) is 4.58. The van der Waals surface area contributed by atoms with Crippen LogP contribution in [-0.2, 0) is 14.3 Å². The second kappa shape index (κ2) is 10.8. The van der Waals surface area contributed by atoms with E-state index in [0.717, 1.165) is 0 Å². The summed E-state index contributed by atoms with van der Waals surface area (Å²) in [4.78, 5) is 46.1. The molecule has 1 aromatic carbocycles. The smallest absolute Gasteiger partial charge is 0.412 e. The van der Waals surface area contributed by atoms with Gasteiger partial charge in [0, 0.05) is 17.7 Å². The van der Waals surface area contributed by atoms with Crippen LogP contribution in [0.3, 0.4) is 0 Å². The van der Waals surface area contributed by atoms with E-state index in [1.807, 2.05) is 12.2 Å². The minimum absolute atomic E-state index is 0.197. The van der Waals surface area contributed by atoms with Crippen LogP contribution in [0.5, 0.6) is 0 Å². The van der Waals surface area contributed by atoms with Gasteiger partial charge in [-0.1, -0.05) is 23.8 Å². The highest BCUT2D eigenvalue weighted by Crippen LogP contribution is 2.35. The zero-order valence-electron chi connectivity index (χ0n) is 21.0. The molecule has 2 aliphatic heterocycles. The molecule has 3 amide bonds. The number of benzene rings is 1. The first-order valence-corrected chi connectivity index (χ1v) is 12.4. The highest BCUT2D eigenvalue weighted by molar-refractivity contribution is 6.32. The number of aromatic amines is 1. The van der Waals surface area contributed by atoms with Crippen LogP contribution in [0.1, 0.15) is 51.9 Å². The number of H-pyrrole nitrogens is 1. The summed E-state index contributed by atoms with van der Waals surface area (Å²) in [5.74, 6) is 0.339. The molecule has 2 aromatic rings. The number of nitrogens with one attached hydrogen (secondary N) is 3. The number of carbonyl (C=O) groups is 3. The largest absolute Gasteiger partial charge is 0.444 e. The van der Waals surface area contributed by atoms with E-state index in [2.05, 4.69) is 20.6 Å². The lowest BCUT2D eigenvalue weighted by molar-refractivity contribution is -0.116. The zero-order chi connectivity index (χ0) is 26.7. The molecule has 1 aromatic heterocycles. The maximum absolute atomic E-state index is 12.6. The van der Waals surface area contributed by atoms with Gasteiger partial charge in [0.25, 0.3) is 0 Å². The number of allylic oxidation sites excluding steroid dienone is 1. The van der Waals surface area contributed by atoms with Gasteiger partial charge in [-0.3, -0.25) is 10.1 Å². The van der Waals surface area contributed by atoms with Crippen LogP contribution in [-0.4, -0.2) is 57.8 Å². The number of fused-ring (bicyclic) bond motifs is 4. The van der Waals surface area contributed by atoms with Crippen molar-refractivity contribution in [2.75, 3.05) is 23.7 Å². The second-order valence-electron chi connectivity index (χ2n) is 9.98. The van der Waals surface area contributed by atoms with Crippen molar-refractivity contribution in [2.45, 2.75) is 57.8 Å². The molecule has 1 saturated heterocycles. The van der Waals surface area contributed by atoms with E-state index in [4.69, 9.17) is 26.8 Å². The molecule has 1 atom stereocenters. The molecule has 3 heterocycles. The lowest BCUT2D eigenvalue weighted by Gasteiger charge is -2.38. The number of amides is 3. The Labute approximate surface area is 219 Å². The highest BCUT2D eigenvalue weighted by atomic mass is 35.5. The van der Waals surface area contributed by atoms with E-state index in [0.29, 0.717) is 46.5 Å². The molecule has 2 bridgehead atoms. The second-order valence-corrected chi connectivity index (χ2v) is 10.4. The van der Waals surface area contributed by atoms with Crippen molar-refractivity contribution >= 4 is 41.1 Å². The van der Waals surface area contributed by atoms with Gasteiger partial charge in [-0.05, 0) is 51.8 Å². The molecular formula is C25H31ClN6O5. The molecule has 0 spiro atoms. The standard InChI is InChI=1S/C25H31ClN6O5/c1-25(2,3)37-24(35)32-12-15(13-32)36-23(34)28-14-9-10-16-18(11-14)29-19(33)8-6-4-5-7-17(27)22-30-20(16)21(26)31-22/h4-5,9-11,15,17H,6-8,12-13,27H2,1-3H3,(H,28,34)(H,29,33)(H,30,31)/b5-4+/t17-/m0/s1. The first kappa shape index (κ1) is 26.5. The summed E-state index contributed by atoms with van der Waals surface area (Å²) >= 11 is 6.42. The fourth-order valence-corrected chi connectivity index (χ4v) is 4.08. The van der Waals surface area contributed by atoms with E-state index in [1.165, 1.54) is 4.90 Å². The molecule has 37 heavy (non-hydrogen) atoms. The molecule has 2 aliphatic rings. The minimum atomic E-state index is -0.680. The fraction of sp³-hybridized carbons (Fsp3) is 0.440. The Balaban J connectivity index is 1.45. The molecule has 198 valence electrons. The van der Waals surface area contributed by atoms with E-state index in [-0.39, 0.29) is 31.5 Å². The molecule has 4 rings (SSSR count). The van der Waals surface area contributed by atoms with E-state index >= 15 is 0 Å².